The Hall–Kier alpha value is -1.68. The summed E-state index contributed by atoms with van der Waals surface area (Å²) in [4.78, 5) is 0.299. The van der Waals surface area contributed by atoms with Gasteiger partial charge in [-0.15, -0.1) is 10.2 Å². The molecule has 0 bridgehead atoms. The molecule has 9 heteroatoms. The van der Waals surface area contributed by atoms with Crippen LogP contribution in [0.25, 0.3) is 0 Å². The molecule has 0 N–H and O–H groups in total. The van der Waals surface area contributed by atoms with Crippen LogP contribution in [-0.2, 0) is 28.2 Å². The number of rotatable bonds is 6. The minimum absolute atomic E-state index is 0.133. The Bertz CT molecular complexity index is 1220. The van der Waals surface area contributed by atoms with Gasteiger partial charge in [-0.05, 0) is 53.6 Å². The van der Waals surface area contributed by atoms with Crippen molar-refractivity contribution in [3.8, 4) is 0 Å². The van der Waals surface area contributed by atoms with E-state index in [0.29, 0.717) is 17.3 Å². The Morgan fingerprint density at radius 1 is 1.06 bits per heavy atom. The zero-order valence-corrected chi connectivity index (χ0v) is 22.5. The first-order valence-electron chi connectivity index (χ1n) is 11.0. The molecule has 2 aromatic carbocycles. The van der Waals surface area contributed by atoms with Crippen LogP contribution in [0.3, 0.4) is 0 Å². The number of nitrogens with zero attached hydrogens (tertiary/aromatic N) is 4. The third kappa shape index (κ3) is 5.21. The highest BCUT2D eigenvalue weighted by atomic mass is 79.9. The summed E-state index contributed by atoms with van der Waals surface area (Å²) in [6.45, 7) is 7.11. The first kappa shape index (κ1) is 24.4. The number of thioether (sulfide) groups is 1. The van der Waals surface area contributed by atoms with Crippen LogP contribution in [0.4, 0.5) is 0 Å². The molecule has 1 atom stereocenters. The maximum atomic E-state index is 13.3. The van der Waals surface area contributed by atoms with Gasteiger partial charge in [0.05, 0.1) is 10.9 Å². The molecule has 6 nitrogen and oxygen atoms in total. The van der Waals surface area contributed by atoms with Crippen LogP contribution in [0.15, 0.2) is 63.1 Å². The Labute approximate surface area is 209 Å². The molecule has 1 fully saturated rings. The minimum atomic E-state index is -3.61. The van der Waals surface area contributed by atoms with E-state index in [9.17, 15) is 8.42 Å². The van der Waals surface area contributed by atoms with Crippen LogP contribution in [0.2, 0.25) is 0 Å². The van der Waals surface area contributed by atoms with Crippen molar-refractivity contribution in [3.05, 3.63) is 70.0 Å². The van der Waals surface area contributed by atoms with Crippen molar-refractivity contribution in [1.82, 2.24) is 19.1 Å². The summed E-state index contributed by atoms with van der Waals surface area (Å²) < 4.78 is 31.0. The van der Waals surface area contributed by atoms with Crippen LogP contribution >= 0.6 is 27.7 Å². The fourth-order valence-corrected chi connectivity index (χ4v) is 6.81. The summed E-state index contributed by atoms with van der Waals surface area (Å²) in [6.07, 6.45) is 1.54. The number of sulfonamides is 1. The van der Waals surface area contributed by atoms with Gasteiger partial charge in [0.25, 0.3) is 0 Å². The van der Waals surface area contributed by atoms with Gasteiger partial charge in [0.2, 0.25) is 10.0 Å². The van der Waals surface area contributed by atoms with Gasteiger partial charge in [-0.2, -0.15) is 4.31 Å². The molecule has 0 spiro atoms. The first-order valence-corrected chi connectivity index (χ1v) is 14.2. The number of hydrogen-bond donors (Lipinski definition) is 0. The minimum Gasteiger partial charge on any atom is -0.308 e. The number of benzene rings is 2. The van der Waals surface area contributed by atoms with Gasteiger partial charge < -0.3 is 4.57 Å². The Morgan fingerprint density at radius 2 is 1.73 bits per heavy atom. The van der Waals surface area contributed by atoms with Gasteiger partial charge in [-0.3, -0.25) is 0 Å². The summed E-state index contributed by atoms with van der Waals surface area (Å²) in [7, 11) is -1.69. The molecule has 0 aliphatic carbocycles. The lowest BCUT2D eigenvalue weighted by atomic mass is 9.87. The topological polar surface area (TPSA) is 68.1 Å². The number of aromatic nitrogens is 3. The van der Waals surface area contributed by atoms with E-state index >= 15 is 0 Å². The first-order chi connectivity index (χ1) is 15.6. The lowest BCUT2D eigenvalue weighted by molar-refractivity contribution is 0.375. The largest absolute Gasteiger partial charge is 0.308 e. The Morgan fingerprint density at radius 3 is 2.36 bits per heavy atom. The Balaban J connectivity index is 1.50. The van der Waals surface area contributed by atoms with Crippen molar-refractivity contribution < 1.29 is 8.42 Å². The van der Waals surface area contributed by atoms with Crippen LogP contribution in [-0.4, -0.2) is 34.0 Å². The van der Waals surface area contributed by atoms with Gasteiger partial charge in [-0.25, -0.2) is 8.42 Å². The highest BCUT2D eigenvalue weighted by Crippen LogP contribution is 2.37. The molecule has 1 saturated heterocycles. The van der Waals surface area contributed by atoms with E-state index in [-0.39, 0.29) is 11.5 Å². The van der Waals surface area contributed by atoms with Crippen molar-refractivity contribution in [3.63, 3.8) is 0 Å². The molecular weight excluding hydrogens is 520 g/mol. The van der Waals surface area contributed by atoms with Crippen LogP contribution in [0, 0.1) is 0 Å². The number of hydrogen-bond acceptors (Lipinski definition) is 5. The molecule has 1 aliphatic heterocycles. The molecule has 0 saturated carbocycles. The van der Waals surface area contributed by atoms with E-state index in [1.807, 2.05) is 11.6 Å². The van der Waals surface area contributed by atoms with E-state index in [2.05, 4.69) is 71.2 Å². The molecule has 0 unspecified atom stereocenters. The molecule has 0 radical (unpaired) electrons. The predicted octanol–water partition coefficient (Wildman–Crippen LogP) is 5.69. The van der Waals surface area contributed by atoms with E-state index in [1.165, 1.54) is 11.1 Å². The third-order valence-corrected chi connectivity index (χ3v) is 9.52. The molecule has 4 rings (SSSR count). The van der Waals surface area contributed by atoms with E-state index in [4.69, 9.17) is 0 Å². The monoisotopic (exact) mass is 548 g/mol. The van der Waals surface area contributed by atoms with Gasteiger partial charge >= 0.3 is 0 Å². The van der Waals surface area contributed by atoms with Gasteiger partial charge in [0.1, 0.15) is 0 Å². The second kappa shape index (κ2) is 9.52. The quantitative estimate of drug-likeness (QED) is 0.370. The predicted molar refractivity (Wildman–Crippen MR) is 136 cm³/mol. The maximum absolute atomic E-state index is 13.3. The zero-order valence-electron chi connectivity index (χ0n) is 19.3. The molecule has 176 valence electrons. The zero-order chi connectivity index (χ0) is 23.8. The molecule has 33 heavy (non-hydrogen) atoms. The van der Waals surface area contributed by atoms with E-state index in [0.717, 1.165) is 28.2 Å². The molecule has 2 heterocycles. The lowest BCUT2D eigenvalue weighted by Crippen LogP contribution is -2.32. The van der Waals surface area contributed by atoms with Crippen LogP contribution in [0.5, 0.6) is 0 Å². The summed E-state index contributed by atoms with van der Waals surface area (Å²) in [5.41, 5.74) is 2.66. The summed E-state index contributed by atoms with van der Waals surface area (Å²) >= 11 is 4.98. The summed E-state index contributed by atoms with van der Waals surface area (Å²) in [5.74, 6) is 1.47. The fraction of sp³-hybridized carbons (Fsp3) is 0.417. The van der Waals surface area contributed by atoms with Crippen molar-refractivity contribution in [2.75, 3.05) is 6.54 Å². The molecule has 1 aromatic heterocycles. The number of halogens is 1. The molecular formula is C24H29BrN4O2S2. The molecule has 1 aliphatic rings. The van der Waals surface area contributed by atoms with E-state index in [1.54, 1.807) is 40.3 Å². The molecule has 3 aromatic rings. The lowest BCUT2D eigenvalue weighted by Gasteiger charge is -2.23. The van der Waals surface area contributed by atoms with Gasteiger partial charge in [-0.1, -0.05) is 72.7 Å². The van der Waals surface area contributed by atoms with Crippen molar-refractivity contribution >= 4 is 37.7 Å². The van der Waals surface area contributed by atoms with Gasteiger partial charge in [0, 0.05) is 23.8 Å². The van der Waals surface area contributed by atoms with Gasteiger partial charge in [0.15, 0.2) is 11.0 Å². The normalized spacial score (nSPS) is 17.5. The average molecular weight is 550 g/mol. The van der Waals surface area contributed by atoms with Crippen molar-refractivity contribution in [1.29, 1.82) is 0 Å². The molecule has 0 amide bonds. The highest BCUT2D eigenvalue weighted by molar-refractivity contribution is 9.10. The SMILES string of the molecule is Cn1c(SCc2ccc(C(C)(C)C)cc2)nnc1[C@@H]1CCCN1S(=O)(=O)c1ccc(Br)cc1. The standard InChI is InChI=1S/C24H29BrN4O2S2/c1-24(2,3)18-9-7-17(8-10-18)16-32-23-27-26-22(28(23)4)21-6-5-15-29(21)33(30,31)20-13-11-19(25)12-14-20/h7-14,21H,5-6,15-16H2,1-4H3/t21-/m0/s1. The average Bonchev–Trinajstić information content (AvgIpc) is 3.39. The van der Waals surface area contributed by atoms with Crippen molar-refractivity contribution in [2.45, 2.75) is 60.9 Å². The van der Waals surface area contributed by atoms with Crippen molar-refractivity contribution in [2.24, 2.45) is 7.05 Å². The van der Waals surface area contributed by atoms with Crippen LogP contribution in [0.1, 0.15) is 56.6 Å². The fourth-order valence-electron chi connectivity index (χ4n) is 4.02. The second-order valence-electron chi connectivity index (χ2n) is 9.36. The highest BCUT2D eigenvalue weighted by Gasteiger charge is 2.39. The maximum Gasteiger partial charge on any atom is 0.243 e. The smallest absolute Gasteiger partial charge is 0.243 e. The van der Waals surface area contributed by atoms with E-state index < -0.39 is 10.0 Å². The van der Waals surface area contributed by atoms with Crippen LogP contribution < -0.4 is 0 Å². The third-order valence-electron chi connectivity index (χ3n) is 5.98. The summed E-state index contributed by atoms with van der Waals surface area (Å²) in [6, 6.07) is 15.2. The Kier molecular flexibility index (Phi) is 7.05. The second-order valence-corrected chi connectivity index (χ2v) is 13.1. The summed E-state index contributed by atoms with van der Waals surface area (Å²) in [5, 5.41) is 9.58.